The number of ether oxygens (including phenoxy) is 2. The SMILES string of the molecule is COc1ccc(/C=N\NC(=O)CSc2nc3ccccc3s2)c(Br)c1OC. The van der Waals surface area contributed by atoms with Gasteiger partial charge in [0.1, 0.15) is 0 Å². The first-order chi connectivity index (χ1) is 13.1. The molecule has 2 aromatic carbocycles. The summed E-state index contributed by atoms with van der Waals surface area (Å²) in [7, 11) is 3.13. The highest BCUT2D eigenvalue weighted by Crippen LogP contribution is 2.36. The summed E-state index contributed by atoms with van der Waals surface area (Å²) in [5.74, 6) is 1.22. The van der Waals surface area contributed by atoms with Gasteiger partial charge in [0.05, 0.1) is 40.9 Å². The zero-order valence-electron chi connectivity index (χ0n) is 14.6. The molecular formula is C18H16BrN3O3S2. The summed E-state index contributed by atoms with van der Waals surface area (Å²) < 4.78 is 13.2. The smallest absolute Gasteiger partial charge is 0.250 e. The summed E-state index contributed by atoms with van der Waals surface area (Å²) in [5, 5.41) is 4.01. The Kier molecular flexibility index (Phi) is 6.70. The van der Waals surface area contributed by atoms with Crippen molar-refractivity contribution in [2.75, 3.05) is 20.0 Å². The zero-order valence-corrected chi connectivity index (χ0v) is 17.8. The van der Waals surface area contributed by atoms with Gasteiger partial charge >= 0.3 is 0 Å². The van der Waals surface area contributed by atoms with Crippen LogP contribution in [0.4, 0.5) is 0 Å². The fraction of sp³-hybridized carbons (Fsp3) is 0.167. The molecule has 0 saturated carbocycles. The van der Waals surface area contributed by atoms with E-state index in [1.165, 1.54) is 11.8 Å². The molecule has 3 rings (SSSR count). The molecule has 0 aliphatic carbocycles. The fourth-order valence-electron chi connectivity index (χ4n) is 2.25. The lowest BCUT2D eigenvalue weighted by Crippen LogP contribution is -2.19. The Labute approximate surface area is 173 Å². The molecule has 0 aliphatic rings. The minimum absolute atomic E-state index is 0.202. The maximum absolute atomic E-state index is 12.0. The van der Waals surface area contributed by atoms with Crippen LogP contribution in [0.3, 0.4) is 0 Å². The third-order valence-electron chi connectivity index (χ3n) is 3.51. The Bertz CT molecular complexity index is 958. The quantitative estimate of drug-likeness (QED) is 0.319. The Morgan fingerprint density at radius 3 is 2.85 bits per heavy atom. The number of aromatic nitrogens is 1. The Hall–Kier alpha value is -2.10. The highest BCUT2D eigenvalue weighted by molar-refractivity contribution is 9.10. The lowest BCUT2D eigenvalue weighted by Gasteiger charge is -2.10. The van der Waals surface area contributed by atoms with Crippen molar-refractivity contribution < 1.29 is 14.3 Å². The molecule has 1 amide bonds. The Morgan fingerprint density at radius 1 is 1.30 bits per heavy atom. The summed E-state index contributed by atoms with van der Waals surface area (Å²) in [6.07, 6.45) is 1.55. The van der Waals surface area contributed by atoms with Crippen molar-refractivity contribution >= 4 is 61.4 Å². The van der Waals surface area contributed by atoms with Gasteiger partial charge in [-0.05, 0) is 40.2 Å². The number of thioether (sulfide) groups is 1. The molecule has 27 heavy (non-hydrogen) atoms. The molecule has 6 nitrogen and oxygen atoms in total. The van der Waals surface area contributed by atoms with Crippen molar-refractivity contribution in [3.8, 4) is 11.5 Å². The van der Waals surface area contributed by atoms with Crippen LogP contribution < -0.4 is 14.9 Å². The Balaban J connectivity index is 1.57. The van der Waals surface area contributed by atoms with Gasteiger partial charge in [-0.3, -0.25) is 4.79 Å². The number of nitrogens with zero attached hydrogens (tertiary/aromatic N) is 2. The first-order valence-electron chi connectivity index (χ1n) is 7.83. The summed E-state index contributed by atoms with van der Waals surface area (Å²) in [6, 6.07) is 11.5. The first-order valence-corrected chi connectivity index (χ1v) is 10.4. The largest absolute Gasteiger partial charge is 0.493 e. The Morgan fingerprint density at radius 2 is 2.11 bits per heavy atom. The average molecular weight is 466 g/mol. The molecule has 1 N–H and O–H groups in total. The number of carbonyl (C=O) groups excluding carboxylic acids is 1. The summed E-state index contributed by atoms with van der Waals surface area (Å²) >= 11 is 6.42. The molecule has 0 atom stereocenters. The normalized spacial score (nSPS) is 11.1. The van der Waals surface area contributed by atoms with Gasteiger partial charge in [-0.2, -0.15) is 5.10 Å². The summed E-state index contributed by atoms with van der Waals surface area (Å²) in [5.41, 5.74) is 4.22. The molecule has 1 heterocycles. The van der Waals surface area contributed by atoms with E-state index in [9.17, 15) is 4.79 Å². The van der Waals surface area contributed by atoms with Crippen molar-refractivity contribution in [1.29, 1.82) is 0 Å². The second-order valence-corrected chi connectivity index (χ2v) is 8.28. The number of nitrogens with one attached hydrogen (secondary N) is 1. The van der Waals surface area contributed by atoms with Gasteiger partial charge in [-0.25, -0.2) is 10.4 Å². The van der Waals surface area contributed by atoms with Crippen LogP contribution in [0.2, 0.25) is 0 Å². The molecule has 1 aromatic heterocycles. The van der Waals surface area contributed by atoms with Crippen molar-refractivity contribution in [2.24, 2.45) is 5.10 Å². The van der Waals surface area contributed by atoms with Crippen molar-refractivity contribution in [1.82, 2.24) is 10.4 Å². The molecule has 0 radical (unpaired) electrons. The van der Waals surface area contributed by atoms with Gasteiger partial charge in [0.25, 0.3) is 5.91 Å². The van der Waals surface area contributed by atoms with Crippen molar-refractivity contribution in [3.63, 3.8) is 0 Å². The predicted molar refractivity (Wildman–Crippen MR) is 113 cm³/mol. The van der Waals surface area contributed by atoms with Crippen LogP contribution in [0, 0.1) is 0 Å². The lowest BCUT2D eigenvalue weighted by molar-refractivity contribution is -0.118. The number of rotatable bonds is 7. The number of carbonyl (C=O) groups is 1. The minimum atomic E-state index is -0.202. The third-order valence-corrected chi connectivity index (χ3v) is 6.51. The number of hydrogen-bond donors (Lipinski definition) is 1. The van der Waals surface area contributed by atoms with E-state index in [1.54, 1.807) is 37.8 Å². The number of para-hydroxylation sites is 1. The second-order valence-electron chi connectivity index (χ2n) is 5.23. The summed E-state index contributed by atoms with van der Waals surface area (Å²) in [4.78, 5) is 16.5. The first kappa shape index (κ1) is 19.7. The van der Waals surface area contributed by atoms with E-state index in [1.807, 2.05) is 30.3 Å². The number of benzene rings is 2. The molecule has 0 spiro atoms. The van der Waals surface area contributed by atoms with Crippen LogP contribution in [0.15, 0.2) is 50.3 Å². The maximum Gasteiger partial charge on any atom is 0.250 e. The van der Waals surface area contributed by atoms with Gasteiger partial charge in [-0.1, -0.05) is 23.9 Å². The van der Waals surface area contributed by atoms with E-state index >= 15 is 0 Å². The summed E-state index contributed by atoms with van der Waals surface area (Å²) in [6.45, 7) is 0. The monoisotopic (exact) mass is 465 g/mol. The van der Waals surface area contributed by atoms with Gasteiger partial charge in [0, 0.05) is 5.56 Å². The van der Waals surface area contributed by atoms with E-state index in [-0.39, 0.29) is 11.7 Å². The van der Waals surface area contributed by atoms with Crippen LogP contribution >= 0.6 is 39.0 Å². The number of thiazole rings is 1. The van der Waals surface area contributed by atoms with Gasteiger partial charge in [0.2, 0.25) is 0 Å². The number of fused-ring (bicyclic) bond motifs is 1. The average Bonchev–Trinajstić information content (AvgIpc) is 3.10. The molecular weight excluding hydrogens is 450 g/mol. The molecule has 3 aromatic rings. The molecule has 0 aliphatic heterocycles. The third kappa shape index (κ3) is 4.79. The fourth-order valence-corrected chi connectivity index (χ4v) is 4.70. The zero-order chi connectivity index (χ0) is 19.2. The molecule has 0 unspecified atom stereocenters. The highest BCUT2D eigenvalue weighted by atomic mass is 79.9. The van der Waals surface area contributed by atoms with E-state index in [2.05, 4.69) is 31.4 Å². The van der Waals surface area contributed by atoms with E-state index in [0.29, 0.717) is 16.0 Å². The molecule has 0 fully saturated rings. The van der Waals surface area contributed by atoms with E-state index in [4.69, 9.17) is 9.47 Å². The number of hydrazone groups is 1. The van der Waals surface area contributed by atoms with Crippen molar-refractivity contribution in [3.05, 3.63) is 46.4 Å². The van der Waals surface area contributed by atoms with Crippen LogP contribution in [-0.4, -0.2) is 37.1 Å². The van der Waals surface area contributed by atoms with Crippen LogP contribution in [0.25, 0.3) is 10.2 Å². The number of hydrogen-bond acceptors (Lipinski definition) is 7. The van der Waals surface area contributed by atoms with Gasteiger partial charge in [0.15, 0.2) is 15.8 Å². The molecule has 0 saturated heterocycles. The predicted octanol–water partition coefficient (Wildman–Crippen LogP) is 4.32. The van der Waals surface area contributed by atoms with E-state index in [0.717, 1.165) is 20.1 Å². The number of methoxy groups -OCH3 is 2. The van der Waals surface area contributed by atoms with Gasteiger partial charge in [-0.15, -0.1) is 11.3 Å². The highest BCUT2D eigenvalue weighted by Gasteiger charge is 2.11. The van der Waals surface area contributed by atoms with Crippen LogP contribution in [0.1, 0.15) is 5.56 Å². The molecule has 9 heteroatoms. The van der Waals surface area contributed by atoms with Crippen molar-refractivity contribution in [2.45, 2.75) is 4.34 Å². The molecule has 0 bridgehead atoms. The van der Waals surface area contributed by atoms with Crippen LogP contribution in [-0.2, 0) is 4.79 Å². The molecule has 140 valence electrons. The minimum Gasteiger partial charge on any atom is -0.493 e. The standard InChI is InChI=1S/C18H16BrN3O3S2/c1-24-13-8-7-11(16(19)17(13)25-2)9-20-22-15(23)10-26-18-21-12-5-3-4-6-14(12)27-18/h3-9H,10H2,1-2H3,(H,22,23)/b20-9-. The topological polar surface area (TPSA) is 72.8 Å². The van der Waals surface area contributed by atoms with Gasteiger partial charge < -0.3 is 9.47 Å². The number of amides is 1. The van der Waals surface area contributed by atoms with Crippen LogP contribution in [0.5, 0.6) is 11.5 Å². The number of halogens is 1. The second kappa shape index (κ2) is 9.20. The van der Waals surface area contributed by atoms with E-state index < -0.39 is 0 Å². The lowest BCUT2D eigenvalue weighted by atomic mass is 10.2. The maximum atomic E-state index is 12.0.